The molecule has 1 saturated heterocycles. The third kappa shape index (κ3) is 3.34. The largest absolute Gasteiger partial charge is 0.496 e. The molecule has 2 aliphatic heterocycles. The second-order valence-electron chi connectivity index (χ2n) is 7.30. The van der Waals surface area contributed by atoms with Crippen molar-refractivity contribution in [2.24, 2.45) is 0 Å². The smallest absolute Gasteiger partial charge is 0.257 e. The zero-order valence-electron chi connectivity index (χ0n) is 16.5. The highest BCUT2D eigenvalue weighted by atomic mass is 16.7. The quantitative estimate of drug-likeness (QED) is 0.654. The summed E-state index contributed by atoms with van der Waals surface area (Å²) in [5.41, 5.74) is 1.34. The van der Waals surface area contributed by atoms with Gasteiger partial charge in [0.2, 0.25) is 18.6 Å². The third-order valence-electron chi connectivity index (χ3n) is 5.46. The van der Waals surface area contributed by atoms with Crippen molar-refractivity contribution in [3.8, 4) is 28.7 Å². The van der Waals surface area contributed by atoms with Crippen LogP contribution < -0.4 is 14.2 Å². The molecule has 0 N–H and O–H groups in total. The van der Waals surface area contributed by atoms with Crippen molar-refractivity contribution in [3.63, 3.8) is 0 Å². The maximum atomic E-state index is 13.0. The van der Waals surface area contributed by atoms with Gasteiger partial charge in [0.1, 0.15) is 5.75 Å². The summed E-state index contributed by atoms with van der Waals surface area (Å²) >= 11 is 0. The molecule has 0 spiro atoms. The van der Waals surface area contributed by atoms with Crippen LogP contribution in [0.1, 0.15) is 35.0 Å². The number of benzene rings is 2. The maximum Gasteiger partial charge on any atom is 0.257 e. The van der Waals surface area contributed by atoms with Crippen molar-refractivity contribution in [1.29, 1.82) is 0 Å². The van der Waals surface area contributed by atoms with Crippen LogP contribution >= 0.6 is 0 Å². The molecule has 0 saturated carbocycles. The molecule has 0 aliphatic carbocycles. The monoisotopic (exact) mass is 407 g/mol. The summed E-state index contributed by atoms with van der Waals surface area (Å²) < 4.78 is 22.1. The van der Waals surface area contributed by atoms with Gasteiger partial charge in [-0.25, -0.2) is 0 Å². The third-order valence-corrected chi connectivity index (χ3v) is 5.46. The summed E-state index contributed by atoms with van der Waals surface area (Å²) in [5.74, 6) is 2.86. The van der Waals surface area contributed by atoms with Crippen LogP contribution in [0.5, 0.6) is 17.2 Å². The first-order chi connectivity index (χ1) is 14.7. The van der Waals surface area contributed by atoms with Gasteiger partial charge in [-0.2, -0.15) is 0 Å². The summed E-state index contributed by atoms with van der Waals surface area (Å²) in [6.45, 7) is 1.43. The second kappa shape index (κ2) is 7.70. The molecule has 30 heavy (non-hydrogen) atoms. The zero-order chi connectivity index (χ0) is 20.5. The molecular weight excluding hydrogens is 386 g/mol. The molecule has 1 amide bonds. The predicted molar refractivity (Wildman–Crippen MR) is 107 cm³/mol. The second-order valence-corrected chi connectivity index (χ2v) is 7.30. The summed E-state index contributed by atoms with van der Waals surface area (Å²) in [6.07, 6.45) is 1.76. The first-order valence-electron chi connectivity index (χ1n) is 9.88. The van der Waals surface area contributed by atoms with Gasteiger partial charge in [0.05, 0.1) is 18.6 Å². The lowest BCUT2D eigenvalue weighted by Gasteiger charge is -2.31. The Morgan fingerprint density at radius 2 is 2.00 bits per heavy atom. The number of carbonyl (C=O) groups excluding carboxylic acids is 1. The van der Waals surface area contributed by atoms with Gasteiger partial charge in [-0.15, -0.1) is 10.2 Å². The van der Waals surface area contributed by atoms with E-state index in [4.69, 9.17) is 18.6 Å². The molecule has 0 bridgehead atoms. The zero-order valence-corrected chi connectivity index (χ0v) is 16.5. The van der Waals surface area contributed by atoms with Crippen LogP contribution in [0.25, 0.3) is 11.5 Å². The van der Waals surface area contributed by atoms with Gasteiger partial charge < -0.3 is 23.5 Å². The van der Waals surface area contributed by atoms with E-state index < -0.39 is 0 Å². The van der Waals surface area contributed by atoms with Crippen molar-refractivity contribution in [2.45, 2.75) is 18.8 Å². The predicted octanol–water partition coefficient (Wildman–Crippen LogP) is 3.49. The lowest BCUT2D eigenvalue weighted by molar-refractivity contribution is 0.0695. The molecule has 2 aromatic carbocycles. The summed E-state index contributed by atoms with van der Waals surface area (Å²) in [7, 11) is 1.57. The molecule has 0 radical (unpaired) electrons. The number of likely N-dealkylation sites (tertiary alicyclic amines) is 1. The number of para-hydroxylation sites is 1. The number of rotatable bonds is 4. The Hall–Kier alpha value is -3.55. The average Bonchev–Trinajstić information content (AvgIpc) is 3.48. The molecule has 1 fully saturated rings. The van der Waals surface area contributed by atoms with E-state index in [1.807, 2.05) is 35.2 Å². The van der Waals surface area contributed by atoms with Crippen molar-refractivity contribution in [2.75, 3.05) is 27.0 Å². The van der Waals surface area contributed by atoms with Gasteiger partial charge in [0, 0.05) is 18.7 Å². The number of ether oxygens (including phenoxy) is 3. The SMILES string of the molecule is COc1ccccc1C(=O)N1CCC[C@H](c2nnc(-c3ccc4c(c3)OCO4)o2)C1. The first-order valence-corrected chi connectivity index (χ1v) is 9.88. The molecule has 2 aliphatic rings. The van der Waals surface area contributed by atoms with Crippen molar-refractivity contribution in [1.82, 2.24) is 15.1 Å². The molecule has 1 atom stereocenters. The fourth-order valence-corrected chi connectivity index (χ4v) is 3.90. The fourth-order valence-electron chi connectivity index (χ4n) is 3.90. The van der Waals surface area contributed by atoms with Crippen molar-refractivity contribution < 1.29 is 23.4 Å². The Morgan fingerprint density at radius 1 is 1.13 bits per heavy atom. The van der Waals surface area contributed by atoms with Crippen LogP contribution in [0.2, 0.25) is 0 Å². The molecule has 8 nitrogen and oxygen atoms in total. The Bertz CT molecular complexity index is 1080. The molecule has 0 unspecified atom stereocenters. The van der Waals surface area contributed by atoms with E-state index in [0.717, 1.165) is 18.4 Å². The number of piperidine rings is 1. The Balaban J connectivity index is 1.34. The minimum atomic E-state index is -0.0485. The van der Waals surface area contributed by atoms with Crippen LogP contribution in [0.4, 0.5) is 0 Å². The normalized spacial score (nSPS) is 17.8. The Kier molecular flexibility index (Phi) is 4.74. The number of hydrogen-bond acceptors (Lipinski definition) is 7. The number of hydrogen-bond donors (Lipinski definition) is 0. The Morgan fingerprint density at radius 3 is 2.90 bits per heavy atom. The Labute approximate surface area is 173 Å². The highest BCUT2D eigenvalue weighted by Gasteiger charge is 2.30. The van der Waals surface area contributed by atoms with Crippen LogP contribution in [0.15, 0.2) is 46.9 Å². The molecule has 8 heteroatoms. The number of amides is 1. The standard InChI is InChI=1S/C22H21N3O5/c1-27-17-7-3-2-6-16(17)22(26)25-10-4-5-15(12-25)21-24-23-20(30-21)14-8-9-18-19(11-14)29-13-28-18/h2-3,6-9,11,15H,4-5,10,12-13H2,1H3/t15-/m0/s1. The molecular formula is C22H21N3O5. The van der Waals surface area contributed by atoms with Crippen LogP contribution in [-0.4, -0.2) is 48.0 Å². The van der Waals surface area contributed by atoms with Gasteiger partial charge in [-0.3, -0.25) is 4.79 Å². The fraction of sp³-hybridized carbons (Fsp3) is 0.318. The van der Waals surface area contributed by atoms with E-state index >= 15 is 0 Å². The summed E-state index contributed by atoms with van der Waals surface area (Å²) in [5, 5.41) is 8.46. The molecule has 3 aromatic rings. The van der Waals surface area contributed by atoms with E-state index in [1.165, 1.54) is 0 Å². The van der Waals surface area contributed by atoms with Gasteiger partial charge in [0.15, 0.2) is 11.5 Å². The van der Waals surface area contributed by atoms with Crippen LogP contribution in [-0.2, 0) is 0 Å². The lowest BCUT2D eigenvalue weighted by Crippen LogP contribution is -2.39. The summed E-state index contributed by atoms with van der Waals surface area (Å²) in [4.78, 5) is 14.9. The van der Waals surface area contributed by atoms with Gasteiger partial charge in [0.25, 0.3) is 5.91 Å². The molecule has 5 rings (SSSR count). The number of methoxy groups -OCH3 is 1. The molecule has 3 heterocycles. The van der Waals surface area contributed by atoms with E-state index in [-0.39, 0.29) is 18.6 Å². The first kappa shape index (κ1) is 18.5. The van der Waals surface area contributed by atoms with Gasteiger partial charge in [-0.1, -0.05) is 12.1 Å². The number of fused-ring (bicyclic) bond motifs is 1. The van der Waals surface area contributed by atoms with Gasteiger partial charge in [-0.05, 0) is 43.2 Å². The molecule has 154 valence electrons. The van der Waals surface area contributed by atoms with Crippen LogP contribution in [0.3, 0.4) is 0 Å². The topological polar surface area (TPSA) is 86.9 Å². The lowest BCUT2D eigenvalue weighted by atomic mass is 9.97. The maximum absolute atomic E-state index is 13.0. The highest BCUT2D eigenvalue weighted by molar-refractivity contribution is 5.97. The molecule has 1 aromatic heterocycles. The van der Waals surface area contributed by atoms with E-state index in [9.17, 15) is 4.79 Å². The van der Waals surface area contributed by atoms with E-state index in [1.54, 1.807) is 19.2 Å². The minimum absolute atomic E-state index is 0.00679. The van der Waals surface area contributed by atoms with Crippen LogP contribution in [0, 0.1) is 0 Å². The number of aromatic nitrogens is 2. The van der Waals surface area contributed by atoms with E-state index in [2.05, 4.69) is 10.2 Å². The van der Waals surface area contributed by atoms with Crippen molar-refractivity contribution >= 4 is 5.91 Å². The number of carbonyl (C=O) groups is 1. The van der Waals surface area contributed by atoms with Crippen molar-refractivity contribution in [3.05, 3.63) is 53.9 Å². The average molecular weight is 407 g/mol. The van der Waals surface area contributed by atoms with E-state index in [0.29, 0.717) is 47.7 Å². The summed E-state index contributed by atoms with van der Waals surface area (Å²) in [6, 6.07) is 12.8. The minimum Gasteiger partial charge on any atom is -0.496 e. The highest BCUT2D eigenvalue weighted by Crippen LogP contribution is 2.36. The van der Waals surface area contributed by atoms with Gasteiger partial charge >= 0.3 is 0 Å². The number of nitrogens with zero attached hydrogens (tertiary/aromatic N) is 3.